The van der Waals surface area contributed by atoms with Crippen LogP contribution in [0.3, 0.4) is 0 Å². The predicted molar refractivity (Wildman–Crippen MR) is 70.3 cm³/mol. The molecule has 1 unspecified atom stereocenters. The van der Waals surface area contributed by atoms with Crippen molar-refractivity contribution in [2.24, 2.45) is 0 Å². The Kier molecular flexibility index (Phi) is 5.24. The molecular formula is C12H14ClF3N2O2. The highest BCUT2D eigenvalue weighted by Gasteiger charge is 2.38. The number of rotatable bonds is 3. The van der Waals surface area contributed by atoms with E-state index in [-0.39, 0.29) is 18.0 Å². The molecule has 3 N–H and O–H groups in total. The summed E-state index contributed by atoms with van der Waals surface area (Å²) in [5, 5.41) is 14.0. The largest absolute Gasteiger partial charge is 0.416 e. The number of hydrogen-bond acceptors (Lipinski definition) is 3. The quantitative estimate of drug-likeness (QED) is 0.797. The summed E-state index contributed by atoms with van der Waals surface area (Å²) in [7, 11) is 0. The van der Waals surface area contributed by atoms with Crippen LogP contribution in [0.15, 0.2) is 18.2 Å². The number of hydrogen-bond donors (Lipinski definition) is 3. The first kappa shape index (κ1) is 16.6. The molecule has 1 atom stereocenters. The van der Waals surface area contributed by atoms with Crippen LogP contribution in [0.25, 0.3) is 0 Å². The van der Waals surface area contributed by atoms with E-state index in [0.717, 1.165) is 24.2 Å². The zero-order chi connectivity index (χ0) is 14.0. The van der Waals surface area contributed by atoms with Gasteiger partial charge in [0.2, 0.25) is 0 Å². The Morgan fingerprint density at radius 2 is 2.15 bits per heavy atom. The lowest BCUT2D eigenvalue weighted by molar-refractivity contribution is -0.201. The van der Waals surface area contributed by atoms with Gasteiger partial charge in [-0.05, 0) is 30.2 Å². The average molecular weight is 311 g/mol. The maximum Gasteiger partial charge on any atom is 0.416 e. The predicted octanol–water partition coefficient (Wildman–Crippen LogP) is 1.73. The van der Waals surface area contributed by atoms with Gasteiger partial charge in [0.05, 0.1) is 6.54 Å². The van der Waals surface area contributed by atoms with Crippen molar-refractivity contribution in [2.45, 2.75) is 18.7 Å². The maximum atomic E-state index is 12.1. The molecule has 0 fully saturated rings. The zero-order valence-corrected chi connectivity index (χ0v) is 11.1. The zero-order valence-electron chi connectivity index (χ0n) is 10.3. The Hall–Kier alpha value is -1.47. The first-order valence-corrected chi connectivity index (χ1v) is 5.77. The summed E-state index contributed by atoms with van der Waals surface area (Å²) < 4.78 is 36.2. The number of alkyl halides is 3. The molecule has 0 radical (unpaired) electrons. The fourth-order valence-corrected chi connectivity index (χ4v) is 1.85. The molecule has 0 bridgehead atoms. The lowest BCUT2D eigenvalue weighted by Gasteiger charge is -2.15. The van der Waals surface area contributed by atoms with E-state index in [1.54, 1.807) is 12.1 Å². The van der Waals surface area contributed by atoms with Crippen LogP contribution in [0.1, 0.15) is 15.9 Å². The van der Waals surface area contributed by atoms with Crippen LogP contribution in [-0.4, -0.2) is 36.4 Å². The van der Waals surface area contributed by atoms with Gasteiger partial charge in [-0.1, -0.05) is 0 Å². The number of benzene rings is 1. The second-order valence-electron chi connectivity index (χ2n) is 4.32. The fraction of sp³-hybridized carbons (Fsp3) is 0.417. The van der Waals surface area contributed by atoms with Gasteiger partial charge < -0.3 is 15.7 Å². The molecule has 1 heterocycles. The third-order valence-electron chi connectivity index (χ3n) is 2.91. The topological polar surface area (TPSA) is 61.4 Å². The molecule has 0 spiro atoms. The third kappa shape index (κ3) is 3.77. The van der Waals surface area contributed by atoms with Gasteiger partial charge in [-0.25, -0.2) is 0 Å². The molecule has 0 aliphatic carbocycles. The van der Waals surface area contributed by atoms with E-state index in [1.165, 1.54) is 6.07 Å². The molecule has 0 saturated heterocycles. The minimum absolute atomic E-state index is 0. The van der Waals surface area contributed by atoms with Crippen molar-refractivity contribution in [3.05, 3.63) is 29.3 Å². The molecule has 1 amide bonds. The van der Waals surface area contributed by atoms with Crippen molar-refractivity contribution < 1.29 is 23.1 Å². The number of aliphatic hydroxyl groups is 1. The van der Waals surface area contributed by atoms with Crippen molar-refractivity contribution in [1.82, 2.24) is 5.32 Å². The number of aliphatic hydroxyl groups excluding tert-OH is 1. The van der Waals surface area contributed by atoms with Crippen LogP contribution in [0.4, 0.5) is 18.9 Å². The number of carbonyl (C=O) groups is 1. The summed E-state index contributed by atoms with van der Waals surface area (Å²) in [5.74, 6) is -0.627. The number of anilines is 1. The Labute approximate surface area is 119 Å². The van der Waals surface area contributed by atoms with Gasteiger partial charge in [-0.2, -0.15) is 13.2 Å². The van der Waals surface area contributed by atoms with Crippen LogP contribution >= 0.6 is 12.4 Å². The number of halogens is 4. The molecule has 2 rings (SSSR count). The molecule has 8 heteroatoms. The highest BCUT2D eigenvalue weighted by molar-refractivity contribution is 5.95. The summed E-state index contributed by atoms with van der Waals surface area (Å²) in [4.78, 5) is 11.7. The summed E-state index contributed by atoms with van der Waals surface area (Å²) in [5.41, 5.74) is 2.19. The van der Waals surface area contributed by atoms with Crippen LogP contribution < -0.4 is 10.6 Å². The smallest absolute Gasteiger partial charge is 0.384 e. The van der Waals surface area contributed by atoms with Crippen molar-refractivity contribution in [3.63, 3.8) is 0 Å². The normalized spacial score (nSPS) is 14.8. The number of nitrogens with one attached hydrogen (secondary N) is 2. The Balaban J connectivity index is 0.00000200. The number of carbonyl (C=O) groups excluding carboxylic acids is 1. The molecular weight excluding hydrogens is 297 g/mol. The minimum atomic E-state index is -4.73. The summed E-state index contributed by atoms with van der Waals surface area (Å²) in [6.07, 6.45) is -6.50. The van der Waals surface area contributed by atoms with E-state index < -0.39 is 24.7 Å². The Bertz CT molecular complexity index is 494. The van der Waals surface area contributed by atoms with Crippen molar-refractivity contribution >= 4 is 24.0 Å². The maximum absolute atomic E-state index is 12.1. The monoisotopic (exact) mass is 310 g/mol. The molecule has 4 nitrogen and oxygen atoms in total. The standard InChI is InChI=1S/C12H13F3N2O2.ClH/c13-12(14,15)10(18)6-17-11(19)8-1-2-9-7(5-8)3-4-16-9;/h1-2,5,10,16,18H,3-4,6H2,(H,17,19);1H. The molecule has 1 aromatic carbocycles. The average Bonchev–Trinajstić information content (AvgIpc) is 2.81. The van der Waals surface area contributed by atoms with Gasteiger partial charge in [-0.3, -0.25) is 4.79 Å². The van der Waals surface area contributed by atoms with Crippen LogP contribution in [0.2, 0.25) is 0 Å². The molecule has 112 valence electrons. The van der Waals surface area contributed by atoms with Crippen LogP contribution in [0, 0.1) is 0 Å². The first-order chi connectivity index (χ1) is 8.88. The molecule has 0 saturated carbocycles. The van der Waals surface area contributed by atoms with Crippen molar-refractivity contribution in [1.29, 1.82) is 0 Å². The molecule has 20 heavy (non-hydrogen) atoms. The van der Waals surface area contributed by atoms with Gasteiger partial charge in [0.25, 0.3) is 5.91 Å². The van der Waals surface area contributed by atoms with E-state index in [1.807, 2.05) is 0 Å². The van der Waals surface area contributed by atoms with Crippen molar-refractivity contribution in [3.8, 4) is 0 Å². The van der Waals surface area contributed by atoms with E-state index in [9.17, 15) is 18.0 Å². The van der Waals surface area contributed by atoms with Gasteiger partial charge in [-0.15, -0.1) is 12.4 Å². The third-order valence-corrected chi connectivity index (χ3v) is 2.91. The van der Waals surface area contributed by atoms with E-state index >= 15 is 0 Å². The Morgan fingerprint density at radius 3 is 2.80 bits per heavy atom. The minimum Gasteiger partial charge on any atom is -0.384 e. The second-order valence-corrected chi connectivity index (χ2v) is 4.32. The summed E-state index contributed by atoms with van der Waals surface area (Å²) in [6, 6.07) is 4.90. The molecule has 1 aliphatic rings. The number of fused-ring (bicyclic) bond motifs is 1. The highest BCUT2D eigenvalue weighted by atomic mass is 35.5. The van der Waals surface area contributed by atoms with E-state index in [4.69, 9.17) is 5.11 Å². The summed E-state index contributed by atoms with van der Waals surface area (Å²) in [6.45, 7) is -0.0646. The lowest BCUT2D eigenvalue weighted by Crippen LogP contribution is -2.40. The van der Waals surface area contributed by atoms with Gasteiger partial charge in [0.15, 0.2) is 6.10 Å². The summed E-state index contributed by atoms with van der Waals surface area (Å²) >= 11 is 0. The van der Waals surface area contributed by atoms with E-state index in [2.05, 4.69) is 10.6 Å². The highest BCUT2D eigenvalue weighted by Crippen LogP contribution is 2.23. The van der Waals surface area contributed by atoms with E-state index in [0.29, 0.717) is 0 Å². The molecule has 1 aromatic rings. The SMILES string of the molecule is Cl.O=C(NCC(O)C(F)(F)F)c1ccc2c(c1)CCN2. The van der Waals surface area contributed by atoms with Crippen molar-refractivity contribution in [2.75, 3.05) is 18.4 Å². The fourth-order valence-electron chi connectivity index (χ4n) is 1.85. The second kappa shape index (κ2) is 6.32. The molecule has 1 aliphatic heterocycles. The lowest BCUT2D eigenvalue weighted by atomic mass is 10.1. The van der Waals surface area contributed by atoms with Gasteiger partial charge >= 0.3 is 6.18 Å². The number of amides is 1. The van der Waals surface area contributed by atoms with Crippen LogP contribution in [0.5, 0.6) is 0 Å². The van der Waals surface area contributed by atoms with Crippen LogP contribution in [-0.2, 0) is 6.42 Å². The molecule has 0 aromatic heterocycles. The van der Waals surface area contributed by atoms with Gasteiger partial charge in [0, 0.05) is 17.8 Å². The van der Waals surface area contributed by atoms with Gasteiger partial charge in [0.1, 0.15) is 0 Å². The first-order valence-electron chi connectivity index (χ1n) is 5.77. The Morgan fingerprint density at radius 1 is 1.45 bits per heavy atom.